The summed E-state index contributed by atoms with van der Waals surface area (Å²) in [7, 11) is 0. The maximum Gasteiger partial charge on any atom is 0.512 e. The maximum atomic E-state index is 10.5. The van der Waals surface area contributed by atoms with Crippen molar-refractivity contribution in [3.8, 4) is 5.88 Å². The van der Waals surface area contributed by atoms with Crippen molar-refractivity contribution in [3.05, 3.63) is 11.5 Å². The Bertz CT molecular complexity index is 358. The van der Waals surface area contributed by atoms with Crippen LogP contribution in [0.15, 0.2) is 0 Å². The van der Waals surface area contributed by atoms with Gasteiger partial charge in [0.05, 0.1) is 0 Å². The van der Waals surface area contributed by atoms with Gasteiger partial charge < -0.3 is 9.84 Å². The Morgan fingerprint density at radius 2 is 2.20 bits per heavy atom. The van der Waals surface area contributed by atoms with Crippen LogP contribution in [0.3, 0.4) is 0 Å². The highest BCUT2D eigenvalue weighted by Gasteiger charge is 2.16. The van der Waals surface area contributed by atoms with Crippen LogP contribution >= 0.6 is 0 Å². The first-order valence-electron chi connectivity index (χ1n) is 5.06. The summed E-state index contributed by atoms with van der Waals surface area (Å²) in [4.78, 5) is 14.8. The van der Waals surface area contributed by atoms with Crippen LogP contribution in [0.4, 0.5) is 4.79 Å². The van der Waals surface area contributed by atoms with Crippen LogP contribution in [0.1, 0.15) is 31.8 Å². The van der Waals surface area contributed by atoms with Crippen LogP contribution in [0.5, 0.6) is 5.88 Å². The molecule has 1 heterocycles. The smallest absolute Gasteiger partial charge is 0.449 e. The summed E-state index contributed by atoms with van der Waals surface area (Å²) in [6.45, 7) is 6.49. The molecule has 0 aliphatic rings. The number of carboxylic acid groups (broad SMARTS) is 1. The zero-order valence-corrected chi connectivity index (χ0v) is 9.28. The van der Waals surface area contributed by atoms with E-state index in [1.807, 2.05) is 18.4 Å². The van der Waals surface area contributed by atoms with Crippen LogP contribution in [0.25, 0.3) is 0 Å². The Hall–Kier alpha value is -1.52. The van der Waals surface area contributed by atoms with Crippen molar-refractivity contribution in [3.63, 3.8) is 0 Å². The first kappa shape index (κ1) is 11.6. The molecule has 0 saturated carbocycles. The second kappa shape index (κ2) is 4.82. The fourth-order valence-electron chi connectivity index (χ4n) is 1.55. The third-order valence-electron chi connectivity index (χ3n) is 2.11. The summed E-state index contributed by atoms with van der Waals surface area (Å²) in [5.41, 5.74) is 0.628. The minimum atomic E-state index is -1.29. The van der Waals surface area contributed by atoms with Crippen molar-refractivity contribution in [2.75, 3.05) is 0 Å². The number of hydrogen-bond donors (Lipinski definition) is 1. The van der Waals surface area contributed by atoms with Crippen molar-refractivity contribution in [1.29, 1.82) is 0 Å². The molecule has 0 bridgehead atoms. The molecule has 0 saturated heterocycles. The minimum absolute atomic E-state index is 0.348. The van der Waals surface area contributed by atoms with Crippen molar-refractivity contribution in [2.45, 2.75) is 40.2 Å². The van der Waals surface area contributed by atoms with Gasteiger partial charge in [0, 0.05) is 13.0 Å². The number of nitrogens with zero attached hydrogens (tertiary/aromatic N) is 2. The molecule has 0 unspecified atom stereocenters. The average Bonchev–Trinajstić information content (AvgIpc) is 2.45. The van der Waals surface area contributed by atoms with E-state index in [0.29, 0.717) is 11.6 Å². The molecule has 1 aromatic heterocycles. The summed E-state index contributed by atoms with van der Waals surface area (Å²) in [6, 6.07) is 0. The number of hydrogen-bond acceptors (Lipinski definition) is 3. The highest BCUT2D eigenvalue weighted by Crippen LogP contribution is 2.21. The van der Waals surface area contributed by atoms with Gasteiger partial charge in [-0.05, 0) is 13.3 Å². The summed E-state index contributed by atoms with van der Waals surface area (Å²) in [5.74, 6) is 1.21. The molecule has 1 aromatic rings. The summed E-state index contributed by atoms with van der Waals surface area (Å²) < 4.78 is 6.55. The van der Waals surface area contributed by atoms with E-state index in [4.69, 9.17) is 9.84 Å². The molecule has 1 N–H and O–H groups in total. The zero-order chi connectivity index (χ0) is 11.4. The fourth-order valence-corrected chi connectivity index (χ4v) is 1.55. The molecule has 0 radical (unpaired) electrons. The molecule has 5 nitrogen and oxygen atoms in total. The van der Waals surface area contributed by atoms with Gasteiger partial charge in [0.1, 0.15) is 11.5 Å². The van der Waals surface area contributed by atoms with E-state index in [1.165, 1.54) is 0 Å². The molecule has 84 valence electrons. The molecule has 0 spiro atoms. The summed E-state index contributed by atoms with van der Waals surface area (Å²) >= 11 is 0. The Labute approximate surface area is 88.7 Å². The standard InChI is InChI=1S/C10H16N2O3/c1-4-6-12-8(5-2)11-7(3)9(12)15-10(13)14/h4-6H2,1-3H3,(H,13,14). The van der Waals surface area contributed by atoms with Gasteiger partial charge in [-0.3, -0.25) is 4.57 Å². The lowest BCUT2D eigenvalue weighted by molar-refractivity contribution is 0.140. The van der Waals surface area contributed by atoms with E-state index in [-0.39, 0.29) is 0 Å². The van der Waals surface area contributed by atoms with Gasteiger partial charge in [-0.15, -0.1) is 0 Å². The number of ether oxygens (including phenoxy) is 1. The van der Waals surface area contributed by atoms with Gasteiger partial charge in [0.15, 0.2) is 0 Å². The predicted molar refractivity (Wildman–Crippen MR) is 55.3 cm³/mol. The molecule has 0 aliphatic carbocycles. The lowest BCUT2D eigenvalue weighted by Crippen LogP contribution is -2.10. The normalized spacial score (nSPS) is 10.3. The molecule has 0 amide bonds. The molecular weight excluding hydrogens is 196 g/mol. The molecule has 5 heteroatoms. The third-order valence-corrected chi connectivity index (χ3v) is 2.11. The molecule has 0 fully saturated rings. The van der Waals surface area contributed by atoms with E-state index in [9.17, 15) is 4.79 Å². The Morgan fingerprint density at radius 1 is 1.53 bits per heavy atom. The first-order chi connectivity index (χ1) is 7.10. The third kappa shape index (κ3) is 2.49. The number of imidazole rings is 1. The fraction of sp³-hybridized carbons (Fsp3) is 0.600. The van der Waals surface area contributed by atoms with Crippen molar-refractivity contribution in [2.24, 2.45) is 0 Å². The molecule has 1 rings (SSSR count). The van der Waals surface area contributed by atoms with Crippen LogP contribution in [0.2, 0.25) is 0 Å². The summed E-state index contributed by atoms with van der Waals surface area (Å²) in [5, 5.41) is 8.60. The van der Waals surface area contributed by atoms with Gasteiger partial charge in [-0.25, -0.2) is 9.78 Å². The predicted octanol–water partition coefficient (Wildman–Crippen LogP) is 2.22. The molecular formula is C10H16N2O3. The van der Waals surface area contributed by atoms with Crippen LogP contribution in [-0.2, 0) is 13.0 Å². The minimum Gasteiger partial charge on any atom is -0.449 e. The lowest BCUT2D eigenvalue weighted by atomic mass is 10.4. The van der Waals surface area contributed by atoms with Crippen LogP contribution in [0, 0.1) is 6.92 Å². The zero-order valence-electron chi connectivity index (χ0n) is 9.28. The van der Waals surface area contributed by atoms with Gasteiger partial charge in [-0.2, -0.15) is 0 Å². The average molecular weight is 212 g/mol. The largest absolute Gasteiger partial charge is 0.512 e. The van der Waals surface area contributed by atoms with Gasteiger partial charge >= 0.3 is 6.16 Å². The Kier molecular flexibility index (Phi) is 3.71. The molecule has 0 aliphatic heterocycles. The number of aromatic nitrogens is 2. The van der Waals surface area contributed by atoms with Crippen LogP contribution < -0.4 is 4.74 Å². The highest BCUT2D eigenvalue weighted by molar-refractivity contribution is 5.60. The monoisotopic (exact) mass is 212 g/mol. The lowest BCUT2D eigenvalue weighted by Gasteiger charge is -2.08. The maximum absolute atomic E-state index is 10.5. The highest BCUT2D eigenvalue weighted by atomic mass is 16.7. The Balaban J connectivity index is 3.09. The quantitative estimate of drug-likeness (QED) is 0.777. The first-order valence-corrected chi connectivity index (χ1v) is 5.06. The number of carbonyl (C=O) groups is 1. The number of aryl methyl sites for hydroxylation is 2. The van der Waals surface area contributed by atoms with Gasteiger partial charge in [0.25, 0.3) is 0 Å². The van der Waals surface area contributed by atoms with E-state index in [0.717, 1.165) is 25.2 Å². The number of rotatable bonds is 4. The van der Waals surface area contributed by atoms with Crippen molar-refractivity contribution >= 4 is 6.16 Å². The molecule has 0 atom stereocenters. The van der Waals surface area contributed by atoms with E-state index in [2.05, 4.69) is 4.98 Å². The topological polar surface area (TPSA) is 64.4 Å². The molecule has 15 heavy (non-hydrogen) atoms. The van der Waals surface area contributed by atoms with Crippen molar-refractivity contribution < 1.29 is 14.6 Å². The van der Waals surface area contributed by atoms with E-state index in [1.54, 1.807) is 6.92 Å². The summed E-state index contributed by atoms with van der Waals surface area (Å²) in [6.07, 6.45) is 0.390. The second-order valence-corrected chi connectivity index (χ2v) is 3.29. The van der Waals surface area contributed by atoms with E-state index < -0.39 is 6.16 Å². The van der Waals surface area contributed by atoms with Crippen molar-refractivity contribution in [1.82, 2.24) is 9.55 Å². The van der Waals surface area contributed by atoms with E-state index >= 15 is 0 Å². The van der Waals surface area contributed by atoms with Crippen LogP contribution in [-0.4, -0.2) is 20.8 Å². The SMILES string of the molecule is CCCn1c(CC)nc(C)c1OC(=O)O. The van der Waals surface area contributed by atoms with Gasteiger partial charge in [-0.1, -0.05) is 13.8 Å². The second-order valence-electron chi connectivity index (χ2n) is 3.29. The molecule has 0 aromatic carbocycles. The Morgan fingerprint density at radius 3 is 2.67 bits per heavy atom. The van der Waals surface area contributed by atoms with Gasteiger partial charge in [0.2, 0.25) is 5.88 Å².